The molecule has 2 aromatic rings. The highest BCUT2D eigenvalue weighted by Crippen LogP contribution is 2.19. The predicted octanol–water partition coefficient (Wildman–Crippen LogP) is 3.87. The van der Waals surface area contributed by atoms with Gasteiger partial charge in [0.05, 0.1) is 6.26 Å². The van der Waals surface area contributed by atoms with Crippen molar-refractivity contribution in [3.63, 3.8) is 0 Å². The topological polar surface area (TPSA) is 74.5 Å². The van der Waals surface area contributed by atoms with E-state index >= 15 is 0 Å². The lowest BCUT2D eigenvalue weighted by molar-refractivity contribution is 0.130. The fourth-order valence-electron chi connectivity index (χ4n) is 2.50. The Labute approximate surface area is 136 Å². The molecule has 0 fully saturated rings. The largest absolute Gasteiger partial charge is 0.467 e. The van der Waals surface area contributed by atoms with E-state index in [1.54, 1.807) is 12.1 Å². The number of benzene rings is 1. The molecule has 0 spiro atoms. The van der Waals surface area contributed by atoms with E-state index in [1.807, 2.05) is 31.2 Å². The average Bonchev–Trinajstić information content (AvgIpc) is 3.03. The number of aryl methyl sites for hydroxylation is 1. The summed E-state index contributed by atoms with van der Waals surface area (Å²) < 4.78 is 5.16. The van der Waals surface area contributed by atoms with Crippen LogP contribution < -0.4 is 10.6 Å². The Morgan fingerprint density at radius 2 is 2.04 bits per heavy atom. The molecule has 0 saturated carbocycles. The Morgan fingerprint density at radius 3 is 2.74 bits per heavy atom. The highest BCUT2D eigenvalue weighted by molar-refractivity contribution is 5.90. The van der Waals surface area contributed by atoms with Crippen LogP contribution in [-0.2, 0) is 6.42 Å². The smallest absolute Gasteiger partial charge is 0.319 e. The number of amides is 2. The minimum atomic E-state index is -0.729. The Morgan fingerprint density at radius 1 is 1.26 bits per heavy atom. The molecule has 0 aliphatic heterocycles. The molecule has 1 heterocycles. The molecule has 2 amide bonds. The Balaban J connectivity index is 1.87. The number of hydrogen-bond acceptors (Lipinski definition) is 3. The highest BCUT2D eigenvalue weighted by Gasteiger charge is 2.16. The van der Waals surface area contributed by atoms with Gasteiger partial charge in [-0.1, -0.05) is 31.5 Å². The van der Waals surface area contributed by atoms with Crippen LogP contribution in [0.15, 0.2) is 47.1 Å². The third kappa shape index (κ3) is 5.14. The average molecular weight is 316 g/mol. The van der Waals surface area contributed by atoms with E-state index in [0.29, 0.717) is 12.2 Å². The zero-order chi connectivity index (χ0) is 16.7. The summed E-state index contributed by atoms with van der Waals surface area (Å²) in [6, 6.07) is 10.8. The quantitative estimate of drug-likeness (QED) is 0.726. The summed E-state index contributed by atoms with van der Waals surface area (Å²) in [6.45, 7) is 3.96. The second-order valence-electron chi connectivity index (χ2n) is 5.67. The minimum Gasteiger partial charge on any atom is -0.467 e. The number of hydrogen-bond donors (Lipinski definition) is 3. The monoisotopic (exact) mass is 316 g/mol. The van der Waals surface area contributed by atoms with Gasteiger partial charge in [0.15, 0.2) is 0 Å². The fraction of sp³-hybridized carbons (Fsp3) is 0.389. The van der Waals surface area contributed by atoms with Crippen molar-refractivity contribution in [3.05, 3.63) is 54.0 Å². The maximum absolute atomic E-state index is 12.1. The lowest BCUT2D eigenvalue weighted by Crippen LogP contribution is -2.37. The molecular weight excluding hydrogens is 292 g/mol. The third-order valence-corrected chi connectivity index (χ3v) is 3.61. The van der Waals surface area contributed by atoms with E-state index in [9.17, 15) is 9.90 Å². The number of rotatable bonds is 7. The van der Waals surface area contributed by atoms with E-state index in [0.717, 1.165) is 24.1 Å². The number of para-hydroxylation sites is 1. The molecule has 23 heavy (non-hydrogen) atoms. The number of furan rings is 1. The molecule has 0 aliphatic rings. The van der Waals surface area contributed by atoms with Crippen molar-refractivity contribution in [2.24, 2.45) is 0 Å². The van der Waals surface area contributed by atoms with Crippen molar-refractivity contribution in [2.45, 2.75) is 45.3 Å². The number of aliphatic hydroxyl groups excluding tert-OH is 1. The van der Waals surface area contributed by atoms with Gasteiger partial charge in [-0.25, -0.2) is 4.79 Å². The van der Waals surface area contributed by atoms with Gasteiger partial charge in [0.2, 0.25) is 0 Å². The first-order valence-corrected chi connectivity index (χ1v) is 7.97. The fourth-order valence-corrected chi connectivity index (χ4v) is 2.50. The van der Waals surface area contributed by atoms with Crippen molar-refractivity contribution in [1.82, 2.24) is 5.32 Å². The molecule has 2 atom stereocenters. The van der Waals surface area contributed by atoms with Crippen LogP contribution in [0.3, 0.4) is 0 Å². The number of urea groups is 1. The number of aliphatic hydroxyl groups is 1. The van der Waals surface area contributed by atoms with E-state index in [2.05, 4.69) is 17.6 Å². The maximum Gasteiger partial charge on any atom is 0.319 e. The van der Waals surface area contributed by atoms with Gasteiger partial charge in [0, 0.05) is 18.2 Å². The number of carbonyl (C=O) groups is 1. The molecule has 2 unspecified atom stereocenters. The number of anilines is 1. The summed E-state index contributed by atoms with van der Waals surface area (Å²) in [5, 5.41) is 15.7. The first-order chi connectivity index (χ1) is 11.1. The van der Waals surface area contributed by atoms with Gasteiger partial charge in [0.25, 0.3) is 0 Å². The first kappa shape index (κ1) is 17.1. The molecule has 124 valence electrons. The van der Waals surface area contributed by atoms with Gasteiger partial charge in [0.1, 0.15) is 11.9 Å². The van der Waals surface area contributed by atoms with Crippen LogP contribution in [0.5, 0.6) is 0 Å². The van der Waals surface area contributed by atoms with Crippen LogP contribution in [0.25, 0.3) is 0 Å². The zero-order valence-corrected chi connectivity index (χ0v) is 13.6. The molecule has 0 aliphatic carbocycles. The zero-order valence-electron chi connectivity index (χ0n) is 13.6. The van der Waals surface area contributed by atoms with Gasteiger partial charge in [-0.2, -0.15) is 0 Å². The second-order valence-corrected chi connectivity index (χ2v) is 5.67. The van der Waals surface area contributed by atoms with Crippen molar-refractivity contribution < 1.29 is 14.3 Å². The van der Waals surface area contributed by atoms with Crippen molar-refractivity contribution >= 4 is 11.7 Å². The van der Waals surface area contributed by atoms with Crippen LogP contribution in [0.2, 0.25) is 0 Å². The molecule has 1 aromatic heterocycles. The molecule has 1 aromatic carbocycles. The van der Waals surface area contributed by atoms with E-state index < -0.39 is 6.10 Å². The van der Waals surface area contributed by atoms with Crippen molar-refractivity contribution in [1.29, 1.82) is 0 Å². The van der Waals surface area contributed by atoms with Crippen molar-refractivity contribution in [2.75, 3.05) is 5.32 Å². The summed E-state index contributed by atoms with van der Waals surface area (Å²) in [5.74, 6) is 0.507. The summed E-state index contributed by atoms with van der Waals surface area (Å²) in [6.07, 6.45) is 3.12. The van der Waals surface area contributed by atoms with Crippen LogP contribution in [-0.4, -0.2) is 17.2 Å². The molecule has 3 N–H and O–H groups in total. The van der Waals surface area contributed by atoms with E-state index in [4.69, 9.17) is 4.42 Å². The Hall–Kier alpha value is -2.27. The molecule has 5 heteroatoms. The van der Waals surface area contributed by atoms with E-state index in [-0.39, 0.29) is 12.1 Å². The van der Waals surface area contributed by atoms with Gasteiger partial charge in [-0.3, -0.25) is 0 Å². The molecule has 2 rings (SSSR count). The summed E-state index contributed by atoms with van der Waals surface area (Å²) in [5.41, 5.74) is 1.94. The van der Waals surface area contributed by atoms with Crippen LogP contribution in [0.1, 0.15) is 44.1 Å². The van der Waals surface area contributed by atoms with Crippen molar-refractivity contribution in [3.8, 4) is 0 Å². The summed E-state index contributed by atoms with van der Waals surface area (Å²) >= 11 is 0. The SMILES string of the molecule is CCCc1ccccc1NC(=O)NC(C)CC(O)c1ccco1. The van der Waals surface area contributed by atoms with Gasteiger partial charge >= 0.3 is 6.03 Å². The predicted molar refractivity (Wildman–Crippen MR) is 90.3 cm³/mol. The molecule has 0 bridgehead atoms. The van der Waals surface area contributed by atoms with Gasteiger partial charge in [-0.05, 0) is 37.1 Å². The van der Waals surface area contributed by atoms with Crippen LogP contribution >= 0.6 is 0 Å². The minimum absolute atomic E-state index is 0.187. The highest BCUT2D eigenvalue weighted by atomic mass is 16.4. The van der Waals surface area contributed by atoms with E-state index in [1.165, 1.54) is 6.26 Å². The number of nitrogens with one attached hydrogen (secondary N) is 2. The molecular formula is C18H24N2O3. The van der Waals surface area contributed by atoms with Gasteiger partial charge < -0.3 is 20.2 Å². The maximum atomic E-state index is 12.1. The summed E-state index contributed by atoms with van der Waals surface area (Å²) in [4.78, 5) is 12.1. The molecule has 0 saturated heterocycles. The first-order valence-electron chi connectivity index (χ1n) is 7.97. The summed E-state index contributed by atoms with van der Waals surface area (Å²) in [7, 11) is 0. The lowest BCUT2D eigenvalue weighted by atomic mass is 10.1. The number of carbonyl (C=O) groups excluding carboxylic acids is 1. The molecule has 0 radical (unpaired) electrons. The normalized spacial score (nSPS) is 13.3. The Bertz CT molecular complexity index is 610. The van der Waals surface area contributed by atoms with Crippen LogP contribution in [0.4, 0.5) is 10.5 Å². The standard InChI is InChI=1S/C18H24N2O3/c1-3-7-14-8-4-5-9-15(14)20-18(22)19-13(2)12-16(21)17-10-6-11-23-17/h4-6,8-11,13,16,21H,3,7,12H2,1-2H3,(H2,19,20,22). The molecule has 5 nitrogen and oxygen atoms in total. The van der Waals surface area contributed by atoms with Gasteiger partial charge in [-0.15, -0.1) is 0 Å². The van der Waals surface area contributed by atoms with Crippen LogP contribution in [0, 0.1) is 0 Å². The lowest BCUT2D eigenvalue weighted by Gasteiger charge is -2.18. The Kier molecular flexibility index (Phi) is 6.23. The third-order valence-electron chi connectivity index (χ3n) is 3.61. The second kappa shape index (κ2) is 8.39.